The topological polar surface area (TPSA) is 43.1 Å². The van der Waals surface area contributed by atoms with E-state index in [0.717, 1.165) is 17.7 Å². The van der Waals surface area contributed by atoms with E-state index in [9.17, 15) is 10.1 Å². The van der Waals surface area contributed by atoms with Gasteiger partial charge in [0.1, 0.15) is 4.08 Å². The molecule has 3 nitrogen and oxygen atoms in total. The third-order valence-corrected chi connectivity index (χ3v) is 10.0. The van der Waals surface area contributed by atoms with Crippen LogP contribution in [0.4, 0.5) is 5.69 Å². The minimum atomic E-state index is -0.277. The highest BCUT2D eigenvalue weighted by Crippen LogP contribution is 2.65. The first-order valence-electron chi connectivity index (χ1n) is 7.85. The number of hydrogen-bond acceptors (Lipinski definition) is 6. The van der Waals surface area contributed by atoms with Crippen LogP contribution in [0, 0.1) is 10.1 Å². The monoisotopic (exact) mass is 405 g/mol. The van der Waals surface area contributed by atoms with E-state index in [1.165, 1.54) is 9.75 Å². The van der Waals surface area contributed by atoms with Crippen molar-refractivity contribution in [1.29, 1.82) is 0 Å². The van der Waals surface area contributed by atoms with Crippen molar-refractivity contribution in [3.05, 3.63) is 79.2 Å². The van der Waals surface area contributed by atoms with Crippen molar-refractivity contribution in [2.75, 3.05) is 0 Å². The molecule has 0 aliphatic carbocycles. The number of para-hydroxylation sites is 1. The van der Waals surface area contributed by atoms with Gasteiger partial charge >= 0.3 is 0 Å². The Labute approximate surface area is 162 Å². The third kappa shape index (κ3) is 3.38. The Morgan fingerprint density at radius 3 is 2.60 bits per heavy atom. The van der Waals surface area contributed by atoms with Gasteiger partial charge in [-0.25, -0.2) is 0 Å². The molecule has 0 amide bonds. The van der Waals surface area contributed by atoms with Crippen LogP contribution in [0.25, 0.3) is 0 Å². The van der Waals surface area contributed by atoms with Crippen LogP contribution in [-0.4, -0.2) is 4.92 Å². The number of hydrogen-bond donors (Lipinski definition) is 0. The van der Waals surface area contributed by atoms with E-state index in [-0.39, 0.29) is 14.7 Å². The second-order valence-electron chi connectivity index (χ2n) is 5.72. The molecule has 0 radical (unpaired) electrons. The van der Waals surface area contributed by atoms with Gasteiger partial charge in [0.2, 0.25) is 0 Å². The van der Waals surface area contributed by atoms with Gasteiger partial charge in [-0.1, -0.05) is 36.0 Å². The second-order valence-corrected chi connectivity index (χ2v) is 10.7. The van der Waals surface area contributed by atoms with Crippen molar-refractivity contribution < 1.29 is 4.92 Å². The molecule has 0 saturated carbocycles. The fraction of sp³-hybridized carbons (Fsp3) is 0.222. The van der Waals surface area contributed by atoms with Crippen LogP contribution in [0.1, 0.15) is 27.8 Å². The highest BCUT2D eigenvalue weighted by molar-refractivity contribution is 8.18. The van der Waals surface area contributed by atoms with E-state index in [4.69, 9.17) is 0 Å². The van der Waals surface area contributed by atoms with E-state index in [1.54, 1.807) is 46.6 Å². The first kappa shape index (κ1) is 17.1. The van der Waals surface area contributed by atoms with E-state index in [1.807, 2.05) is 23.9 Å². The number of rotatable bonds is 5. The van der Waals surface area contributed by atoms with Gasteiger partial charge in [-0.15, -0.1) is 34.4 Å². The molecule has 3 aromatic rings. The van der Waals surface area contributed by atoms with Gasteiger partial charge in [0.25, 0.3) is 5.69 Å². The molecule has 0 bridgehead atoms. The van der Waals surface area contributed by atoms with Gasteiger partial charge in [-0.3, -0.25) is 10.1 Å². The SMILES string of the molecule is O=[N+]([O-])c1ccccc1SC1(c2cccs2)CCC(c2cccs2)S1. The second kappa shape index (κ2) is 7.15. The standard InChI is InChI=1S/C18H15NO2S4/c20-19(21)13-5-1-2-6-14(13)24-18(17-8-4-12-23-17)10-9-16(25-18)15-7-3-11-22-15/h1-8,11-12,16H,9-10H2. The summed E-state index contributed by atoms with van der Waals surface area (Å²) in [5.74, 6) is 0. The Morgan fingerprint density at radius 1 is 1.08 bits per heavy atom. The first-order valence-corrected chi connectivity index (χ1v) is 11.3. The quantitative estimate of drug-likeness (QED) is 0.341. The zero-order chi connectivity index (χ0) is 17.3. The third-order valence-electron chi connectivity index (χ3n) is 4.16. The number of nitro benzene ring substituents is 1. The van der Waals surface area contributed by atoms with Crippen LogP contribution in [0.15, 0.2) is 64.2 Å². The van der Waals surface area contributed by atoms with Crippen molar-refractivity contribution >= 4 is 51.9 Å². The highest BCUT2D eigenvalue weighted by Gasteiger charge is 2.45. The summed E-state index contributed by atoms with van der Waals surface area (Å²) in [7, 11) is 0. The maximum Gasteiger partial charge on any atom is 0.282 e. The summed E-state index contributed by atoms with van der Waals surface area (Å²) in [6.45, 7) is 0. The lowest BCUT2D eigenvalue weighted by atomic mass is 10.1. The molecule has 1 saturated heterocycles. The number of benzene rings is 1. The van der Waals surface area contributed by atoms with Gasteiger partial charge in [-0.05, 0) is 41.8 Å². The van der Waals surface area contributed by atoms with Crippen molar-refractivity contribution in [1.82, 2.24) is 0 Å². The lowest BCUT2D eigenvalue weighted by Gasteiger charge is -2.27. The molecule has 0 N–H and O–H groups in total. The molecule has 128 valence electrons. The molecule has 2 unspecified atom stereocenters. The minimum absolute atomic E-state index is 0.158. The van der Waals surface area contributed by atoms with E-state index < -0.39 is 0 Å². The molecule has 2 aromatic heterocycles. The smallest absolute Gasteiger partial charge is 0.258 e. The first-order chi connectivity index (χ1) is 12.2. The fourth-order valence-corrected chi connectivity index (χ4v) is 8.63. The number of thioether (sulfide) groups is 2. The molecule has 2 atom stereocenters. The van der Waals surface area contributed by atoms with Crippen molar-refractivity contribution in [2.24, 2.45) is 0 Å². The average molecular weight is 406 g/mol. The zero-order valence-corrected chi connectivity index (χ0v) is 16.4. The summed E-state index contributed by atoms with van der Waals surface area (Å²) in [5.41, 5.74) is 0.198. The maximum absolute atomic E-state index is 11.4. The van der Waals surface area contributed by atoms with Crippen LogP contribution in [0.2, 0.25) is 0 Å². The molecule has 1 aliphatic rings. The van der Waals surface area contributed by atoms with Gasteiger partial charge in [0.05, 0.1) is 9.82 Å². The van der Waals surface area contributed by atoms with Crippen molar-refractivity contribution in [3.63, 3.8) is 0 Å². The predicted octanol–water partition coefficient (Wildman–Crippen LogP) is 6.93. The van der Waals surface area contributed by atoms with Gasteiger partial charge in [-0.2, -0.15) is 0 Å². The van der Waals surface area contributed by atoms with Crippen LogP contribution in [0.5, 0.6) is 0 Å². The Balaban J connectivity index is 1.70. The fourth-order valence-electron chi connectivity index (χ4n) is 3.02. The summed E-state index contributed by atoms with van der Waals surface area (Å²) in [5, 5.41) is 16.1. The normalized spacial score (nSPS) is 23.0. The van der Waals surface area contributed by atoms with Crippen LogP contribution < -0.4 is 0 Å². The molecule has 1 aromatic carbocycles. The van der Waals surface area contributed by atoms with Gasteiger partial charge in [0, 0.05) is 21.1 Å². The predicted molar refractivity (Wildman–Crippen MR) is 109 cm³/mol. The van der Waals surface area contributed by atoms with Gasteiger partial charge in [0.15, 0.2) is 0 Å². The largest absolute Gasteiger partial charge is 0.282 e. The summed E-state index contributed by atoms with van der Waals surface area (Å²) >= 11 is 7.14. The lowest BCUT2D eigenvalue weighted by molar-refractivity contribution is -0.387. The van der Waals surface area contributed by atoms with Crippen LogP contribution >= 0.6 is 46.2 Å². The van der Waals surface area contributed by atoms with Crippen LogP contribution in [-0.2, 0) is 4.08 Å². The average Bonchev–Trinajstić information content (AvgIpc) is 3.36. The summed E-state index contributed by atoms with van der Waals surface area (Å²) < 4.78 is -0.158. The number of nitrogens with zero attached hydrogens (tertiary/aromatic N) is 1. The summed E-state index contributed by atoms with van der Waals surface area (Å²) in [6.07, 6.45) is 2.11. The highest BCUT2D eigenvalue weighted by atomic mass is 32.2. The molecule has 1 aliphatic heterocycles. The Bertz CT molecular complexity index is 863. The number of thiophene rings is 2. The van der Waals surface area contributed by atoms with Crippen molar-refractivity contribution in [2.45, 2.75) is 27.1 Å². The van der Waals surface area contributed by atoms with Gasteiger partial charge < -0.3 is 0 Å². The molecule has 1 fully saturated rings. The molecular formula is C18H15NO2S4. The van der Waals surface area contributed by atoms with Crippen molar-refractivity contribution in [3.8, 4) is 0 Å². The number of nitro groups is 1. The van der Waals surface area contributed by atoms with E-state index >= 15 is 0 Å². The molecule has 0 spiro atoms. The zero-order valence-electron chi connectivity index (χ0n) is 13.2. The Kier molecular flexibility index (Phi) is 4.90. The summed E-state index contributed by atoms with van der Waals surface area (Å²) in [4.78, 5) is 14.6. The van der Waals surface area contributed by atoms with E-state index in [0.29, 0.717) is 5.25 Å². The Hall–Kier alpha value is -1.28. The molecule has 25 heavy (non-hydrogen) atoms. The Morgan fingerprint density at radius 2 is 1.88 bits per heavy atom. The van der Waals surface area contributed by atoms with E-state index in [2.05, 4.69) is 35.0 Å². The van der Waals surface area contributed by atoms with Crippen LogP contribution in [0.3, 0.4) is 0 Å². The lowest BCUT2D eigenvalue weighted by Crippen LogP contribution is -2.11. The summed E-state index contributed by atoms with van der Waals surface area (Å²) in [6, 6.07) is 15.6. The molecule has 4 rings (SSSR count). The molecule has 7 heteroatoms. The minimum Gasteiger partial charge on any atom is -0.258 e. The molecular weight excluding hydrogens is 390 g/mol. The molecule has 3 heterocycles. The maximum atomic E-state index is 11.4.